The molecule has 6 nitrogen and oxygen atoms in total. The van der Waals surface area contributed by atoms with E-state index in [4.69, 9.17) is 19.4 Å². The van der Waals surface area contributed by atoms with Crippen LogP contribution >= 0.6 is 0 Å². The summed E-state index contributed by atoms with van der Waals surface area (Å²) in [5.41, 5.74) is 13.2. The van der Waals surface area contributed by atoms with Crippen LogP contribution in [-0.4, -0.2) is 24.1 Å². The number of furan rings is 1. The predicted molar refractivity (Wildman–Crippen MR) is 258 cm³/mol. The van der Waals surface area contributed by atoms with Crippen molar-refractivity contribution in [3.63, 3.8) is 0 Å². The molecule has 4 heterocycles. The van der Waals surface area contributed by atoms with Gasteiger partial charge in [0.1, 0.15) is 11.2 Å². The Morgan fingerprint density at radius 3 is 1.71 bits per heavy atom. The van der Waals surface area contributed by atoms with Gasteiger partial charge in [0.15, 0.2) is 11.6 Å². The standard InChI is InChI=1S/C57H35N5O/c1-4-16-36(17-5-1)39-30-32-43-42-22-10-12-27-48(42)61(51(43)34-39)40-31-33-44-45-25-14-26-47(54(45)63-52(44)35-40)56-58-55(38-20-8-3-9-21-38)59-57(60-56)62-49-28-13-11-23-46(49)53-41(24-15-29-50(53)62)37-18-6-2-7-19-37/h1-35H. The first kappa shape index (κ1) is 35.2. The SMILES string of the molecule is c1ccc(-c2ccc3c4ccccc4n(-c4ccc5c(c4)oc4c(-c6nc(-c7ccccc7)nc(-n7c8ccccc8c8c(-c9ccccc9)cccc87)n6)cccc45)c3c2)cc1. The molecule has 0 N–H and O–H groups in total. The first-order valence-electron chi connectivity index (χ1n) is 21.2. The van der Waals surface area contributed by atoms with E-state index >= 15 is 0 Å². The van der Waals surface area contributed by atoms with Gasteiger partial charge in [0.2, 0.25) is 5.95 Å². The van der Waals surface area contributed by atoms with Crippen molar-refractivity contribution in [2.75, 3.05) is 0 Å². The maximum atomic E-state index is 6.95. The molecule has 0 aliphatic rings. The fraction of sp³-hybridized carbons (Fsp3) is 0. The Hall–Kier alpha value is -8.61. The van der Waals surface area contributed by atoms with Crippen molar-refractivity contribution in [2.24, 2.45) is 0 Å². The summed E-state index contributed by atoms with van der Waals surface area (Å²) < 4.78 is 11.5. The van der Waals surface area contributed by atoms with Crippen molar-refractivity contribution in [2.45, 2.75) is 0 Å². The van der Waals surface area contributed by atoms with Gasteiger partial charge in [0.25, 0.3) is 0 Å². The summed E-state index contributed by atoms with van der Waals surface area (Å²) in [4.78, 5) is 15.7. The topological polar surface area (TPSA) is 61.7 Å². The second-order valence-corrected chi connectivity index (χ2v) is 16.0. The van der Waals surface area contributed by atoms with E-state index in [2.05, 4.69) is 191 Å². The van der Waals surface area contributed by atoms with E-state index in [0.717, 1.165) is 82.7 Å². The van der Waals surface area contributed by atoms with Gasteiger partial charge in [-0.25, -0.2) is 4.98 Å². The molecule has 0 bridgehead atoms. The molecule has 13 aromatic rings. The number of fused-ring (bicyclic) bond motifs is 9. The number of nitrogens with zero attached hydrogens (tertiary/aromatic N) is 5. The number of hydrogen-bond acceptors (Lipinski definition) is 4. The molecule has 0 aliphatic carbocycles. The normalized spacial score (nSPS) is 11.8. The molecule has 6 heteroatoms. The molecule has 0 atom stereocenters. The van der Waals surface area contributed by atoms with Crippen LogP contribution in [-0.2, 0) is 0 Å². The zero-order valence-electron chi connectivity index (χ0n) is 33.9. The lowest BCUT2D eigenvalue weighted by Crippen LogP contribution is -2.06. The van der Waals surface area contributed by atoms with Crippen molar-refractivity contribution in [3.05, 3.63) is 212 Å². The van der Waals surface area contributed by atoms with Gasteiger partial charge in [-0.1, -0.05) is 164 Å². The lowest BCUT2D eigenvalue weighted by molar-refractivity contribution is 0.669. The maximum absolute atomic E-state index is 6.95. The summed E-state index contributed by atoms with van der Waals surface area (Å²) >= 11 is 0. The monoisotopic (exact) mass is 805 g/mol. The summed E-state index contributed by atoms with van der Waals surface area (Å²) in [6, 6.07) is 74.4. The van der Waals surface area contributed by atoms with Crippen LogP contribution < -0.4 is 0 Å². The van der Waals surface area contributed by atoms with Crippen molar-refractivity contribution in [3.8, 4) is 56.7 Å². The highest BCUT2D eigenvalue weighted by molar-refractivity contribution is 6.16. The molecule has 0 saturated carbocycles. The molecule has 0 spiro atoms. The Morgan fingerprint density at radius 2 is 0.921 bits per heavy atom. The second kappa shape index (κ2) is 14.0. The highest BCUT2D eigenvalue weighted by Crippen LogP contribution is 2.41. The van der Waals surface area contributed by atoms with E-state index in [1.165, 1.54) is 21.9 Å². The minimum Gasteiger partial charge on any atom is -0.455 e. The molecule has 4 aromatic heterocycles. The Morgan fingerprint density at radius 1 is 0.333 bits per heavy atom. The van der Waals surface area contributed by atoms with E-state index in [9.17, 15) is 0 Å². The van der Waals surface area contributed by atoms with Crippen molar-refractivity contribution in [1.29, 1.82) is 0 Å². The van der Waals surface area contributed by atoms with Gasteiger partial charge >= 0.3 is 0 Å². The molecule has 0 amide bonds. The summed E-state index contributed by atoms with van der Waals surface area (Å²) in [7, 11) is 0. The Labute approximate surface area is 361 Å². The summed E-state index contributed by atoms with van der Waals surface area (Å²) in [5.74, 6) is 1.65. The highest BCUT2D eigenvalue weighted by atomic mass is 16.3. The smallest absolute Gasteiger partial charge is 0.238 e. The minimum atomic E-state index is 0.532. The minimum absolute atomic E-state index is 0.532. The van der Waals surface area contributed by atoms with Crippen LogP contribution in [0.1, 0.15) is 0 Å². The molecule has 9 aromatic carbocycles. The fourth-order valence-electron chi connectivity index (χ4n) is 9.56. The van der Waals surface area contributed by atoms with Crippen LogP contribution in [0.4, 0.5) is 0 Å². The van der Waals surface area contributed by atoms with Crippen LogP contribution in [0.2, 0.25) is 0 Å². The maximum Gasteiger partial charge on any atom is 0.238 e. The van der Waals surface area contributed by atoms with Crippen molar-refractivity contribution < 1.29 is 4.42 Å². The zero-order chi connectivity index (χ0) is 41.4. The molecule has 0 radical (unpaired) electrons. The number of para-hydroxylation sites is 3. The van der Waals surface area contributed by atoms with Gasteiger partial charge < -0.3 is 8.98 Å². The van der Waals surface area contributed by atoms with Gasteiger partial charge in [0, 0.05) is 49.6 Å². The van der Waals surface area contributed by atoms with E-state index in [-0.39, 0.29) is 0 Å². The molecule has 13 rings (SSSR count). The Bertz CT molecular complexity index is 3900. The van der Waals surface area contributed by atoms with Crippen LogP contribution in [0, 0.1) is 0 Å². The lowest BCUT2D eigenvalue weighted by atomic mass is 9.99. The van der Waals surface area contributed by atoms with Crippen LogP contribution in [0.25, 0.3) is 122 Å². The predicted octanol–water partition coefficient (Wildman–Crippen LogP) is 14.6. The molecular formula is C57H35N5O. The Balaban J connectivity index is 1.02. The summed E-state index contributed by atoms with van der Waals surface area (Å²) in [6.45, 7) is 0. The molecule has 0 unspecified atom stereocenters. The molecule has 0 fully saturated rings. The van der Waals surface area contributed by atoms with Gasteiger partial charge in [-0.15, -0.1) is 0 Å². The average molecular weight is 806 g/mol. The summed E-state index contributed by atoms with van der Waals surface area (Å²) in [6.07, 6.45) is 0. The molecule has 0 aliphatic heterocycles. The fourth-order valence-corrected chi connectivity index (χ4v) is 9.56. The van der Waals surface area contributed by atoms with E-state index in [0.29, 0.717) is 17.6 Å². The average Bonchev–Trinajstić information content (AvgIpc) is 4.02. The quantitative estimate of drug-likeness (QED) is 0.168. The van der Waals surface area contributed by atoms with Crippen LogP contribution in [0.15, 0.2) is 217 Å². The molecular weight excluding hydrogens is 771 g/mol. The highest BCUT2D eigenvalue weighted by Gasteiger charge is 2.22. The third kappa shape index (κ3) is 5.55. The largest absolute Gasteiger partial charge is 0.455 e. The third-order valence-electron chi connectivity index (χ3n) is 12.4. The van der Waals surface area contributed by atoms with Gasteiger partial charge in [-0.2, -0.15) is 9.97 Å². The first-order chi connectivity index (χ1) is 31.2. The van der Waals surface area contributed by atoms with E-state index in [1.54, 1.807) is 0 Å². The van der Waals surface area contributed by atoms with Gasteiger partial charge in [-0.05, 0) is 64.7 Å². The van der Waals surface area contributed by atoms with Gasteiger partial charge in [-0.3, -0.25) is 4.57 Å². The number of rotatable bonds is 6. The number of aromatic nitrogens is 5. The van der Waals surface area contributed by atoms with Crippen LogP contribution in [0.5, 0.6) is 0 Å². The molecule has 0 saturated heterocycles. The Kier molecular flexibility index (Phi) is 7.80. The lowest BCUT2D eigenvalue weighted by Gasteiger charge is -2.11. The van der Waals surface area contributed by atoms with E-state index in [1.807, 2.05) is 30.3 Å². The van der Waals surface area contributed by atoms with Crippen molar-refractivity contribution in [1.82, 2.24) is 24.1 Å². The summed E-state index contributed by atoms with van der Waals surface area (Å²) in [5, 5.41) is 6.71. The first-order valence-corrected chi connectivity index (χ1v) is 21.2. The number of benzene rings is 9. The zero-order valence-corrected chi connectivity index (χ0v) is 33.9. The third-order valence-corrected chi connectivity index (χ3v) is 12.4. The van der Waals surface area contributed by atoms with E-state index < -0.39 is 0 Å². The second-order valence-electron chi connectivity index (χ2n) is 16.0. The van der Waals surface area contributed by atoms with Gasteiger partial charge in [0.05, 0.1) is 27.6 Å². The van der Waals surface area contributed by atoms with Crippen LogP contribution in [0.3, 0.4) is 0 Å². The molecule has 294 valence electrons. The van der Waals surface area contributed by atoms with Crippen molar-refractivity contribution >= 4 is 65.6 Å². The number of hydrogen-bond donors (Lipinski definition) is 0. The molecule has 63 heavy (non-hydrogen) atoms.